The van der Waals surface area contributed by atoms with E-state index >= 15 is 0 Å². The molecule has 0 aromatic carbocycles. The van der Waals surface area contributed by atoms with E-state index in [1.54, 1.807) is 29.6 Å². The van der Waals surface area contributed by atoms with Gasteiger partial charge >= 0.3 is 6.09 Å². The van der Waals surface area contributed by atoms with Crippen LogP contribution < -0.4 is 0 Å². The number of aromatic nitrogens is 4. The Kier molecular flexibility index (Phi) is 5.67. The Morgan fingerprint density at radius 3 is 2.68 bits per heavy atom. The Morgan fingerprint density at radius 2 is 2.00 bits per heavy atom. The smallest absolute Gasteiger partial charge is 0.410 e. The van der Waals surface area contributed by atoms with E-state index in [2.05, 4.69) is 31.9 Å². The summed E-state index contributed by atoms with van der Waals surface area (Å²) in [4.78, 5) is 27.1. The average molecular weight is 417 g/mol. The molecule has 1 unspecified atom stereocenters. The zero-order valence-corrected chi connectivity index (χ0v) is 17.7. The molecule has 1 fully saturated rings. The summed E-state index contributed by atoms with van der Waals surface area (Å²) in [6.45, 7) is 6.13. The third-order valence-electron chi connectivity index (χ3n) is 4.61. The zero-order valence-electron chi connectivity index (χ0n) is 17.7. The van der Waals surface area contributed by atoms with Gasteiger partial charge in [0.15, 0.2) is 0 Å². The fourth-order valence-corrected chi connectivity index (χ4v) is 3.22. The molecular weight excluding hydrogens is 394 g/mol. The molecule has 1 saturated heterocycles. The van der Waals surface area contributed by atoms with E-state index in [9.17, 15) is 4.79 Å². The highest BCUT2D eigenvalue weighted by atomic mass is 16.6. The Labute approximate surface area is 180 Å². The van der Waals surface area contributed by atoms with Gasteiger partial charge in [-0.3, -0.25) is 14.9 Å². The summed E-state index contributed by atoms with van der Waals surface area (Å²) in [5, 5.41) is 4.05. The van der Waals surface area contributed by atoms with Crippen LogP contribution in [0.5, 0.6) is 0 Å². The standard InChI is InChI=1S/C23H23N5O3/c1-23(2,3)30-22(29)28-13-5-7-19(28)21-26-20(27-31-21)18-11-10-17(15-25-18)9-8-16-6-4-12-24-14-16/h4,6,10-12,14-15,19H,5,7,13H2,1-3H3. The minimum Gasteiger partial charge on any atom is -0.444 e. The molecule has 4 rings (SSSR count). The normalized spacial score (nSPS) is 16.0. The molecule has 4 heterocycles. The van der Waals surface area contributed by atoms with Crippen LogP contribution >= 0.6 is 0 Å². The second-order valence-electron chi connectivity index (χ2n) is 8.21. The first kappa shape index (κ1) is 20.5. The summed E-state index contributed by atoms with van der Waals surface area (Å²) >= 11 is 0. The average Bonchev–Trinajstić information content (AvgIpc) is 3.42. The third kappa shape index (κ3) is 5.07. The number of pyridine rings is 2. The van der Waals surface area contributed by atoms with E-state index in [-0.39, 0.29) is 12.1 Å². The molecule has 0 spiro atoms. The van der Waals surface area contributed by atoms with Crippen LogP contribution in [0.25, 0.3) is 11.5 Å². The molecule has 0 N–H and O–H groups in total. The van der Waals surface area contributed by atoms with Gasteiger partial charge in [0.2, 0.25) is 11.7 Å². The molecule has 0 bridgehead atoms. The van der Waals surface area contributed by atoms with Gasteiger partial charge in [0.1, 0.15) is 17.3 Å². The van der Waals surface area contributed by atoms with Crippen molar-refractivity contribution in [3.05, 3.63) is 59.9 Å². The van der Waals surface area contributed by atoms with Gasteiger partial charge in [0.05, 0.1) is 0 Å². The predicted octanol–water partition coefficient (Wildman–Crippen LogP) is 4.00. The van der Waals surface area contributed by atoms with E-state index < -0.39 is 5.60 Å². The Morgan fingerprint density at radius 1 is 1.19 bits per heavy atom. The van der Waals surface area contributed by atoms with Crippen LogP contribution in [0.3, 0.4) is 0 Å². The van der Waals surface area contributed by atoms with Crippen LogP contribution in [0.1, 0.15) is 56.7 Å². The highest BCUT2D eigenvalue weighted by Crippen LogP contribution is 2.33. The van der Waals surface area contributed by atoms with E-state index in [1.165, 1.54) is 0 Å². The molecule has 158 valence electrons. The monoisotopic (exact) mass is 417 g/mol. The second-order valence-corrected chi connectivity index (χ2v) is 8.21. The summed E-state index contributed by atoms with van der Waals surface area (Å²) in [5.41, 5.74) is 1.61. The molecule has 31 heavy (non-hydrogen) atoms. The Hall–Kier alpha value is -3.73. The quantitative estimate of drug-likeness (QED) is 0.582. The van der Waals surface area contributed by atoms with Crippen molar-refractivity contribution in [2.45, 2.75) is 45.3 Å². The van der Waals surface area contributed by atoms with Crippen LogP contribution in [-0.4, -0.2) is 43.2 Å². The first-order valence-corrected chi connectivity index (χ1v) is 10.1. The number of ether oxygens (including phenoxy) is 1. The zero-order chi connectivity index (χ0) is 21.8. The number of amides is 1. The second kappa shape index (κ2) is 8.56. The fourth-order valence-electron chi connectivity index (χ4n) is 3.22. The lowest BCUT2D eigenvalue weighted by Crippen LogP contribution is -2.36. The number of carbonyl (C=O) groups is 1. The molecule has 1 aliphatic heterocycles. The number of hydrogen-bond acceptors (Lipinski definition) is 7. The maximum Gasteiger partial charge on any atom is 0.410 e. The topological polar surface area (TPSA) is 94.2 Å². The summed E-state index contributed by atoms with van der Waals surface area (Å²) < 4.78 is 11.0. The Bertz CT molecular complexity index is 1110. The minimum atomic E-state index is -0.560. The van der Waals surface area contributed by atoms with Crippen molar-refractivity contribution in [2.24, 2.45) is 0 Å². The molecule has 0 radical (unpaired) electrons. The van der Waals surface area contributed by atoms with E-state index in [0.29, 0.717) is 24.0 Å². The summed E-state index contributed by atoms with van der Waals surface area (Å²) in [6.07, 6.45) is 6.31. The summed E-state index contributed by atoms with van der Waals surface area (Å²) in [6, 6.07) is 7.09. The Balaban J connectivity index is 1.47. The maximum absolute atomic E-state index is 12.5. The van der Waals surface area contributed by atoms with Gasteiger partial charge in [-0.15, -0.1) is 0 Å². The molecule has 1 atom stereocenters. The number of carbonyl (C=O) groups excluding carboxylic acids is 1. The lowest BCUT2D eigenvalue weighted by Gasteiger charge is -2.26. The molecule has 0 aliphatic carbocycles. The molecular formula is C23H23N5O3. The van der Waals surface area contributed by atoms with Crippen LogP contribution in [0.4, 0.5) is 4.79 Å². The van der Waals surface area contributed by atoms with Gasteiger partial charge in [-0.1, -0.05) is 17.0 Å². The predicted molar refractivity (Wildman–Crippen MR) is 113 cm³/mol. The van der Waals surface area contributed by atoms with E-state index in [0.717, 1.165) is 24.0 Å². The highest BCUT2D eigenvalue weighted by Gasteiger charge is 2.36. The number of nitrogens with zero attached hydrogens (tertiary/aromatic N) is 5. The van der Waals surface area contributed by atoms with Crippen LogP contribution in [-0.2, 0) is 4.74 Å². The van der Waals surface area contributed by atoms with E-state index in [4.69, 9.17) is 9.26 Å². The molecule has 1 aliphatic rings. The molecule has 3 aromatic rings. The van der Waals surface area contributed by atoms with Crippen molar-refractivity contribution in [2.75, 3.05) is 6.54 Å². The summed E-state index contributed by atoms with van der Waals surface area (Å²) in [7, 11) is 0. The van der Waals surface area contributed by atoms with Crippen molar-refractivity contribution in [1.29, 1.82) is 0 Å². The van der Waals surface area contributed by atoms with Gasteiger partial charge in [0, 0.05) is 36.3 Å². The number of rotatable bonds is 2. The minimum absolute atomic E-state index is 0.291. The molecule has 1 amide bonds. The van der Waals surface area contributed by atoms with Gasteiger partial charge in [-0.2, -0.15) is 4.98 Å². The first-order chi connectivity index (χ1) is 14.9. The van der Waals surface area contributed by atoms with Crippen LogP contribution in [0.15, 0.2) is 47.4 Å². The third-order valence-corrected chi connectivity index (χ3v) is 4.61. The van der Waals surface area contributed by atoms with Gasteiger partial charge in [-0.05, 0) is 57.9 Å². The van der Waals surface area contributed by atoms with Crippen LogP contribution in [0.2, 0.25) is 0 Å². The van der Waals surface area contributed by atoms with Crippen molar-refractivity contribution < 1.29 is 14.1 Å². The van der Waals surface area contributed by atoms with Crippen molar-refractivity contribution in [3.8, 4) is 23.4 Å². The molecule has 0 saturated carbocycles. The number of likely N-dealkylation sites (tertiary alicyclic amines) is 1. The maximum atomic E-state index is 12.5. The summed E-state index contributed by atoms with van der Waals surface area (Å²) in [5.74, 6) is 6.86. The largest absolute Gasteiger partial charge is 0.444 e. The first-order valence-electron chi connectivity index (χ1n) is 10.1. The highest BCUT2D eigenvalue weighted by molar-refractivity contribution is 5.69. The van der Waals surface area contributed by atoms with Gasteiger partial charge < -0.3 is 9.26 Å². The van der Waals surface area contributed by atoms with Crippen LogP contribution in [0, 0.1) is 11.8 Å². The van der Waals surface area contributed by atoms with E-state index in [1.807, 2.05) is 39.0 Å². The molecule has 8 heteroatoms. The molecule has 8 nitrogen and oxygen atoms in total. The van der Waals surface area contributed by atoms with Crippen molar-refractivity contribution in [1.82, 2.24) is 25.0 Å². The van der Waals surface area contributed by atoms with Gasteiger partial charge in [0.25, 0.3) is 0 Å². The fraction of sp³-hybridized carbons (Fsp3) is 0.348. The number of hydrogen-bond donors (Lipinski definition) is 0. The van der Waals surface area contributed by atoms with Gasteiger partial charge in [-0.25, -0.2) is 4.79 Å². The molecule has 3 aromatic heterocycles. The lowest BCUT2D eigenvalue weighted by molar-refractivity contribution is 0.0199. The van der Waals surface area contributed by atoms with Crippen molar-refractivity contribution in [3.63, 3.8) is 0 Å². The lowest BCUT2D eigenvalue weighted by atomic mass is 10.2. The van der Waals surface area contributed by atoms with Crippen molar-refractivity contribution >= 4 is 6.09 Å². The SMILES string of the molecule is CC(C)(C)OC(=O)N1CCCC1c1nc(-c2ccc(C#Cc3cccnc3)cn2)no1.